The van der Waals surface area contributed by atoms with Gasteiger partial charge in [0.15, 0.2) is 0 Å². The Labute approximate surface area is 189 Å². The first-order valence-electron chi connectivity index (χ1n) is 10.4. The zero-order valence-electron chi connectivity index (χ0n) is 17.7. The molecule has 1 aliphatic heterocycles. The number of thiocarbonyl (C=S) groups is 1. The molecule has 0 radical (unpaired) electrons. The Balaban J connectivity index is 2.02. The van der Waals surface area contributed by atoms with Gasteiger partial charge in [-0.2, -0.15) is 0 Å². The van der Waals surface area contributed by atoms with Crippen LogP contribution in [0.4, 0.5) is 11.4 Å². The van der Waals surface area contributed by atoms with E-state index in [-0.39, 0.29) is 0 Å². The zero-order valence-corrected chi connectivity index (χ0v) is 20.1. The summed E-state index contributed by atoms with van der Waals surface area (Å²) in [4.78, 5) is 8.20. The lowest BCUT2D eigenvalue weighted by Crippen LogP contribution is -2.41. The quantitative estimate of drug-likeness (QED) is 0.474. The van der Waals surface area contributed by atoms with E-state index in [0.717, 1.165) is 48.2 Å². The Morgan fingerprint density at radius 2 is 1.86 bits per heavy atom. The molecule has 0 bridgehead atoms. The number of likely N-dealkylation sites (N-methyl/N-ethyl adjacent to an activating group) is 1. The fourth-order valence-electron chi connectivity index (χ4n) is 3.70. The highest BCUT2D eigenvalue weighted by Crippen LogP contribution is 2.50. The summed E-state index contributed by atoms with van der Waals surface area (Å²) in [5.74, 6) is 0. The molecule has 29 heavy (non-hydrogen) atoms. The molecule has 2 aromatic rings. The Kier molecular flexibility index (Phi) is 7.85. The van der Waals surface area contributed by atoms with Crippen LogP contribution in [0.3, 0.4) is 0 Å². The minimum atomic E-state index is 0.321. The first kappa shape index (κ1) is 22.4. The van der Waals surface area contributed by atoms with Crippen molar-refractivity contribution in [2.75, 3.05) is 31.1 Å². The molecule has 6 heteroatoms. The molecular weight excluding hydrogens is 418 g/mol. The molecule has 0 amide bonds. The van der Waals surface area contributed by atoms with Crippen LogP contribution in [0.15, 0.2) is 46.2 Å². The summed E-state index contributed by atoms with van der Waals surface area (Å²) in [5.41, 5.74) is 3.52. The molecule has 1 atom stereocenters. The molecule has 2 aromatic carbocycles. The fraction of sp³-hybridized carbons (Fsp3) is 0.435. The molecule has 0 saturated heterocycles. The van der Waals surface area contributed by atoms with Gasteiger partial charge in [0.25, 0.3) is 0 Å². The molecule has 0 aliphatic carbocycles. The minimum Gasteiger partial charge on any atom is -0.376 e. The van der Waals surface area contributed by atoms with E-state index in [2.05, 4.69) is 73.1 Å². The molecule has 0 unspecified atom stereocenters. The van der Waals surface area contributed by atoms with Crippen molar-refractivity contribution in [3.8, 4) is 0 Å². The van der Waals surface area contributed by atoms with Crippen LogP contribution in [0.2, 0.25) is 5.02 Å². The second-order valence-corrected chi connectivity index (χ2v) is 9.29. The van der Waals surface area contributed by atoms with Crippen molar-refractivity contribution < 1.29 is 0 Å². The molecule has 3 nitrogen and oxygen atoms in total. The van der Waals surface area contributed by atoms with E-state index < -0.39 is 0 Å². The number of benzene rings is 2. The molecule has 0 saturated carbocycles. The lowest BCUT2D eigenvalue weighted by molar-refractivity contribution is 0.288. The van der Waals surface area contributed by atoms with Crippen molar-refractivity contribution in [3.63, 3.8) is 0 Å². The van der Waals surface area contributed by atoms with Crippen molar-refractivity contribution in [1.29, 1.82) is 0 Å². The Hall–Kier alpha value is -1.27. The van der Waals surface area contributed by atoms with Crippen molar-refractivity contribution in [2.45, 2.75) is 49.9 Å². The second kappa shape index (κ2) is 10.2. The van der Waals surface area contributed by atoms with Crippen LogP contribution >= 0.6 is 35.6 Å². The maximum absolute atomic E-state index is 6.31. The Bertz CT molecular complexity index is 867. The summed E-state index contributed by atoms with van der Waals surface area (Å²) < 4.78 is 0. The van der Waals surface area contributed by atoms with Gasteiger partial charge in [0.2, 0.25) is 0 Å². The van der Waals surface area contributed by atoms with Crippen molar-refractivity contribution in [3.05, 3.63) is 47.0 Å². The van der Waals surface area contributed by atoms with Gasteiger partial charge in [-0.05, 0) is 56.8 Å². The molecule has 156 valence electrons. The summed E-state index contributed by atoms with van der Waals surface area (Å²) in [7, 11) is 0. The molecule has 1 aliphatic rings. The number of halogens is 1. The topological polar surface area (TPSA) is 18.5 Å². The molecule has 3 rings (SSSR count). The normalized spacial score (nSPS) is 13.8. The van der Waals surface area contributed by atoms with Gasteiger partial charge in [-0.15, -0.1) is 0 Å². The van der Waals surface area contributed by atoms with Crippen LogP contribution in [-0.2, 0) is 0 Å². The van der Waals surface area contributed by atoms with Gasteiger partial charge in [-0.1, -0.05) is 62.4 Å². The third-order valence-electron chi connectivity index (χ3n) is 5.28. The lowest BCUT2D eigenvalue weighted by Gasteiger charge is -2.39. The largest absolute Gasteiger partial charge is 0.376 e. The average molecular weight is 448 g/mol. The van der Waals surface area contributed by atoms with Crippen molar-refractivity contribution in [1.82, 2.24) is 10.2 Å². The zero-order chi connectivity index (χ0) is 21.0. The van der Waals surface area contributed by atoms with E-state index >= 15 is 0 Å². The van der Waals surface area contributed by atoms with E-state index in [0.29, 0.717) is 6.04 Å². The van der Waals surface area contributed by atoms with Gasteiger partial charge < -0.3 is 15.1 Å². The molecule has 1 heterocycles. The monoisotopic (exact) mass is 447 g/mol. The Morgan fingerprint density at radius 1 is 1.10 bits per heavy atom. The second-order valence-electron chi connectivity index (χ2n) is 7.36. The van der Waals surface area contributed by atoms with Crippen molar-refractivity contribution >= 4 is 51.9 Å². The fourth-order valence-corrected chi connectivity index (χ4v) is 5.26. The van der Waals surface area contributed by atoms with E-state index in [4.69, 9.17) is 23.8 Å². The summed E-state index contributed by atoms with van der Waals surface area (Å²) in [5, 5.41) is 4.13. The van der Waals surface area contributed by atoms with Crippen LogP contribution in [0.25, 0.3) is 0 Å². The lowest BCUT2D eigenvalue weighted by atomic mass is 10.1. The van der Waals surface area contributed by atoms with Gasteiger partial charge >= 0.3 is 0 Å². The third kappa shape index (κ3) is 5.08. The number of nitrogens with zero attached hydrogens (tertiary/aromatic N) is 2. The third-order valence-corrected chi connectivity index (χ3v) is 7.00. The van der Waals surface area contributed by atoms with Gasteiger partial charge in [0.05, 0.1) is 11.4 Å². The first-order chi connectivity index (χ1) is 14.0. The van der Waals surface area contributed by atoms with Gasteiger partial charge in [0.1, 0.15) is 4.99 Å². The molecule has 0 aromatic heterocycles. The van der Waals surface area contributed by atoms with Gasteiger partial charge in [-0.3, -0.25) is 0 Å². The number of hydrogen-bond acceptors (Lipinski definition) is 4. The molecule has 0 spiro atoms. The summed E-state index contributed by atoms with van der Waals surface area (Å²) >= 11 is 13.7. The van der Waals surface area contributed by atoms with E-state index in [1.54, 1.807) is 11.8 Å². The van der Waals surface area contributed by atoms with Crippen LogP contribution in [0.5, 0.6) is 0 Å². The standard InChI is InChI=1S/C23H30ClN3S2/c1-5-12-25-23(28)17-8-11-21-20(13-17)27(16(4)15-26(6-2)7-3)19-10-9-18(24)14-22(19)29-21/h8-11,13-14,16H,5-7,12,15H2,1-4H3,(H,25,28)/t16-/m1/s1. The smallest absolute Gasteiger partial charge is 0.106 e. The molecule has 1 N–H and O–H groups in total. The SMILES string of the molecule is CCCNC(=S)c1ccc2c(c1)N([C@H](C)CN(CC)CC)c1ccc(Cl)cc1S2. The maximum Gasteiger partial charge on any atom is 0.106 e. The summed E-state index contributed by atoms with van der Waals surface area (Å²) in [6, 6.07) is 13.1. The maximum atomic E-state index is 6.31. The average Bonchev–Trinajstić information content (AvgIpc) is 2.73. The summed E-state index contributed by atoms with van der Waals surface area (Å²) in [6.07, 6.45) is 1.06. The van der Waals surface area contributed by atoms with E-state index in [9.17, 15) is 0 Å². The highest BCUT2D eigenvalue weighted by atomic mass is 35.5. The summed E-state index contributed by atoms with van der Waals surface area (Å²) in [6.45, 7) is 12.9. The Morgan fingerprint density at radius 3 is 2.55 bits per heavy atom. The predicted octanol–water partition coefficient (Wildman–Crippen LogP) is 6.35. The van der Waals surface area contributed by atoms with Gasteiger partial charge in [-0.25, -0.2) is 0 Å². The van der Waals surface area contributed by atoms with Crippen LogP contribution < -0.4 is 10.2 Å². The molecule has 0 fully saturated rings. The first-order valence-corrected chi connectivity index (χ1v) is 12.0. The van der Waals surface area contributed by atoms with Crippen LogP contribution in [-0.4, -0.2) is 42.1 Å². The minimum absolute atomic E-state index is 0.321. The van der Waals surface area contributed by atoms with Crippen LogP contribution in [0.1, 0.15) is 39.7 Å². The van der Waals surface area contributed by atoms with Crippen molar-refractivity contribution in [2.24, 2.45) is 0 Å². The predicted molar refractivity (Wildman–Crippen MR) is 131 cm³/mol. The number of anilines is 2. The highest BCUT2D eigenvalue weighted by Gasteiger charge is 2.28. The molecular formula is C23H30ClN3S2. The number of nitrogens with one attached hydrogen (secondary N) is 1. The van der Waals surface area contributed by atoms with Gasteiger partial charge in [0, 0.05) is 39.5 Å². The highest BCUT2D eigenvalue weighted by molar-refractivity contribution is 7.99. The number of hydrogen-bond donors (Lipinski definition) is 1. The number of rotatable bonds is 8. The van der Waals surface area contributed by atoms with Crippen LogP contribution in [0, 0.1) is 0 Å². The van der Waals surface area contributed by atoms with E-state index in [1.165, 1.54) is 21.2 Å². The number of fused-ring (bicyclic) bond motifs is 2. The van der Waals surface area contributed by atoms with E-state index in [1.807, 2.05) is 6.07 Å².